The van der Waals surface area contributed by atoms with Crippen LogP contribution in [0.4, 0.5) is 0 Å². The Hall–Kier alpha value is -0.760. The summed E-state index contributed by atoms with van der Waals surface area (Å²) in [6.07, 6.45) is 5.07. The topological polar surface area (TPSA) is 39.2 Å². The van der Waals surface area contributed by atoms with Gasteiger partial charge in [-0.3, -0.25) is 0 Å². The second-order valence-corrected chi connectivity index (χ2v) is 4.04. The summed E-state index contributed by atoms with van der Waals surface area (Å²) in [4.78, 5) is 0. The fourth-order valence-corrected chi connectivity index (χ4v) is 2.13. The van der Waals surface area contributed by atoms with Crippen molar-refractivity contribution in [1.82, 2.24) is 0 Å². The first kappa shape index (κ1) is 7.87. The van der Waals surface area contributed by atoms with Crippen LogP contribution in [0.1, 0.15) is 31.9 Å². The predicted molar refractivity (Wildman–Crippen MR) is 47.9 cm³/mol. The monoisotopic (exact) mass is 165 g/mol. The molecule has 2 nitrogen and oxygen atoms in total. The van der Waals surface area contributed by atoms with Crippen LogP contribution < -0.4 is 5.73 Å². The minimum absolute atomic E-state index is 0.197. The van der Waals surface area contributed by atoms with E-state index in [1.807, 2.05) is 6.07 Å². The number of rotatable bonds is 1. The lowest BCUT2D eigenvalue weighted by molar-refractivity contribution is 0.363. The Morgan fingerprint density at radius 2 is 2.50 bits per heavy atom. The summed E-state index contributed by atoms with van der Waals surface area (Å²) in [6.45, 7) is 2.23. The van der Waals surface area contributed by atoms with Gasteiger partial charge < -0.3 is 10.2 Å². The van der Waals surface area contributed by atoms with E-state index in [0.29, 0.717) is 6.04 Å². The van der Waals surface area contributed by atoms with Gasteiger partial charge in [0.25, 0.3) is 0 Å². The first-order valence-corrected chi connectivity index (χ1v) is 4.50. The molecule has 1 aliphatic carbocycles. The zero-order chi connectivity index (χ0) is 8.60. The van der Waals surface area contributed by atoms with E-state index in [2.05, 4.69) is 13.0 Å². The summed E-state index contributed by atoms with van der Waals surface area (Å²) in [5.74, 6) is 1.09. The van der Waals surface area contributed by atoms with Crippen LogP contribution in [0.2, 0.25) is 0 Å². The molecule has 0 aromatic carbocycles. The molecule has 1 fully saturated rings. The van der Waals surface area contributed by atoms with Crippen LogP contribution in [-0.4, -0.2) is 6.04 Å². The highest BCUT2D eigenvalue weighted by Gasteiger charge is 2.36. The third-order valence-corrected chi connectivity index (χ3v) is 2.90. The molecule has 2 N–H and O–H groups in total. The van der Waals surface area contributed by atoms with E-state index in [1.165, 1.54) is 0 Å². The van der Waals surface area contributed by atoms with Crippen LogP contribution >= 0.6 is 0 Å². The number of hydrogen-bond donors (Lipinski definition) is 1. The van der Waals surface area contributed by atoms with Gasteiger partial charge in [0.1, 0.15) is 5.76 Å². The summed E-state index contributed by atoms with van der Waals surface area (Å²) in [5.41, 5.74) is 6.07. The predicted octanol–water partition coefficient (Wildman–Crippen LogP) is 2.05. The molecule has 2 unspecified atom stereocenters. The zero-order valence-electron chi connectivity index (χ0n) is 7.42. The first-order chi connectivity index (χ1) is 5.71. The molecule has 0 saturated heterocycles. The van der Waals surface area contributed by atoms with Gasteiger partial charge >= 0.3 is 0 Å². The average Bonchev–Trinajstić information content (AvgIpc) is 2.59. The molecule has 66 valence electrons. The number of furan rings is 1. The molecule has 2 rings (SSSR count). The molecule has 0 aliphatic heterocycles. The minimum Gasteiger partial charge on any atom is -0.469 e. The third kappa shape index (κ3) is 1.16. The Morgan fingerprint density at radius 3 is 3.00 bits per heavy atom. The summed E-state index contributed by atoms with van der Waals surface area (Å²) in [6, 6.07) is 4.36. The van der Waals surface area contributed by atoms with E-state index in [9.17, 15) is 0 Å². The summed E-state index contributed by atoms with van der Waals surface area (Å²) in [7, 11) is 0. The Balaban J connectivity index is 2.23. The van der Waals surface area contributed by atoms with Crippen LogP contribution in [0.15, 0.2) is 22.8 Å². The second-order valence-electron chi connectivity index (χ2n) is 4.04. The lowest BCUT2D eigenvalue weighted by Crippen LogP contribution is -2.21. The van der Waals surface area contributed by atoms with Crippen LogP contribution in [0, 0.1) is 0 Å². The molecule has 0 bridgehead atoms. The van der Waals surface area contributed by atoms with Crippen molar-refractivity contribution in [2.24, 2.45) is 5.73 Å². The first-order valence-electron chi connectivity index (χ1n) is 4.50. The molecule has 1 aromatic heterocycles. The van der Waals surface area contributed by atoms with E-state index in [1.54, 1.807) is 6.26 Å². The molecule has 12 heavy (non-hydrogen) atoms. The summed E-state index contributed by atoms with van der Waals surface area (Å²) < 4.78 is 5.41. The van der Waals surface area contributed by atoms with Crippen molar-refractivity contribution in [3.05, 3.63) is 24.2 Å². The van der Waals surface area contributed by atoms with Crippen molar-refractivity contribution in [2.45, 2.75) is 37.6 Å². The highest BCUT2D eigenvalue weighted by molar-refractivity contribution is 5.15. The van der Waals surface area contributed by atoms with Gasteiger partial charge in [-0.15, -0.1) is 0 Å². The lowest BCUT2D eigenvalue weighted by Gasteiger charge is -2.20. The average molecular weight is 165 g/mol. The van der Waals surface area contributed by atoms with E-state index in [0.717, 1.165) is 25.0 Å². The van der Waals surface area contributed by atoms with Crippen LogP contribution in [0.5, 0.6) is 0 Å². The van der Waals surface area contributed by atoms with E-state index < -0.39 is 0 Å². The number of nitrogens with two attached hydrogens (primary N) is 1. The third-order valence-electron chi connectivity index (χ3n) is 2.90. The maximum Gasteiger partial charge on any atom is 0.109 e. The Labute approximate surface area is 72.7 Å². The van der Waals surface area contributed by atoms with E-state index in [-0.39, 0.29) is 5.41 Å². The molecular weight excluding hydrogens is 150 g/mol. The smallest absolute Gasteiger partial charge is 0.109 e. The van der Waals surface area contributed by atoms with Gasteiger partial charge in [-0.2, -0.15) is 0 Å². The van der Waals surface area contributed by atoms with Gasteiger partial charge in [-0.25, -0.2) is 0 Å². The molecule has 0 amide bonds. The molecule has 1 saturated carbocycles. The highest BCUT2D eigenvalue weighted by Crippen LogP contribution is 2.39. The fourth-order valence-electron chi connectivity index (χ4n) is 2.13. The lowest BCUT2D eigenvalue weighted by atomic mass is 9.86. The van der Waals surface area contributed by atoms with Crippen molar-refractivity contribution in [3.8, 4) is 0 Å². The fraction of sp³-hybridized carbons (Fsp3) is 0.600. The van der Waals surface area contributed by atoms with Crippen LogP contribution in [0.25, 0.3) is 0 Å². The van der Waals surface area contributed by atoms with Gasteiger partial charge in [0, 0.05) is 11.5 Å². The Kier molecular flexibility index (Phi) is 1.72. The summed E-state index contributed by atoms with van der Waals surface area (Å²) >= 11 is 0. The largest absolute Gasteiger partial charge is 0.469 e. The summed E-state index contributed by atoms with van der Waals surface area (Å²) in [5, 5.41) is 0. The van der Waals surface area contributed by atoms with Gasteiger partial charge in [-0.05, 0) is 31.4 Å². The van der Waals surface area contributed by atoms with Gasteiger partial charge in [-0.1, -0.05) is 6.92 Å². The standard InChI is InChI=1S/C10H15NO/c1-10(5-4-8(11)7-10)9-3-2-6-12-9/h2-3,6,8H,4-5,7,11H2,1H3. The molecular formula is C10H15NO. The van der Waals surface area contributed by atoms with Crippen molar-refractivity contribution in [3.63, 3.8) is 0 Å². The maximum atomic E-state index is 5.87. The highest BCUT2D eigenvalue weighted by atomic mass is 16.3. The molecule has 2 heteroatoms. The molecule has 0 spiro atoms. The van der Waals surface area contributed by atoms with Crippen molar-refractivity contribution in [1.29, 1.82) is 0 Å². The Bertz CT molecular complexity index is 255. The molecule has 1 heterocycles. The maximum absolute atomic E-state index is 5.87. The second kappa shape index (κ2) is 2.63. The van der Waals surface area contributed by atoms with Crippen molar-refractivity contribution >= 4 is 0 Å². The zero-order valence-corrected chi connectivity index (χ0v) is 7.42. The SMILES string of the molecule is CC1(c2ccco2)CCC(N)C1. The van der Waals surface area contributed by atoms with Crippen LogP contribution in [0.3, 0.4) is 0 Å². The van der Waals surface area contributed by atoms with E-state index in [4.69, 9.17) is 10.2 Å². The molecule has 1 aliphatic rings. The van der Waals surface area contributed by atoms with Crippen molar-refractivity contribution in [2.75, 3.05) is 0 Å². The Morgan fingerprint density at radius 1 is 1.67 bits per heavy atom. The van der Waals surface area contributed by atoms with Gasteiger partial charge in [0.2, 0.25) is 0 Å². The number of hydrogen-bond acceptors (Lipinski definition) is 2. The van der Waals surface area contributed by atoms with E-state index >= 15 is 0 Å². The minimum atomic E-state index is 0.197. The molecule has 1 aromatic rings. The molecule has 0 radical (unpaired) electrons. The quantitative estimate of drug-likeness (QED) is 0.691. The van der Waals surface area contributed by atoms with Gasteiger partial charge in [0.05, 0.1) is 6.26 Å². The van der Waals surface area contributed by atoms with Crippen molar-refractivity contribution < 1.29 is 4.42 Å². The molecule has 2 atom stereocenters. The normalized spacial score (nSPS) is 35.7. The van der Waals surface area contributed by atoms with Gasteiger partial charge in [0.15, 0.2) is 0 Å². The van der Waals surface area contributed by atoms with Crippen LogP contribution in [-0.2, 0) is 5.41 Å².